The smallest absolute Gasteiger partial charge is 0.382 e. The van der Waals surface area contributed by atoms with Gasteiger partial charge in [-0.05, 0) is 37.8 Å². The van der Waals surface area contributed by atoms with Crippen LogP contribution in [-0.4, -0.2) is 12.2 Å². The lowest BCUT2D eigenvalue weighted by Crippen LogP contribution is -2.32. The standard InChI is InChI=1S/C13H16F3N/c14-13(15,16)10-6-8-12(9-7-10)17-11-4-2-1-3-5-11/h1-5,10,12,17H,6-9H2. The number of halogens is 3. The molecule has 0 aromatic heterocycles. The first kappa shape index (κ1) is 12.3. The van der Waals surface area contributed by atoms with Crippen LogP contribution in [0.3, 0.4) is 0 Å². The third kappa shape index (κ3) is 3.38. The molecule has 0 unspecified atom stereocenters. The summed E-state index contributed by atoms with van der Waals surface area (Å²) in [6, 6.07) is 9.82. The van der Waals surface area contributed by atoms with Gasteiger partial charge in [0.15, 0.2) is 0 Å². The minimum absolute atomic E-state index is 0.177. The fraction of sp³-hybridized carbons (Fsp3) is 0.538. The molecular weight excluding hydrogens is 227 g/mol. The Kier molecular flexibility index (Phi) is 3.60. The van der Waals surface area contributed by atoms with E-state index in [1.807, 2.05) is 30.3 Å². The Hall–Kier alpha value is -1.19. The second kappa shape index (κ2) is 4.98. The summed E-state index contributed by atoms with van der Waals surface area (Å²) < 4.78 is 37.4. The highest BCUT2D eigenvalue weighted by atomic mass is 19.4. The summed E-state index contributed by atoms with van der Waals surface area (Å²) in [7, 11) is 0. The highest BCUT2D eigenvalue weighted by Crippen LogP contribution is 2.38. The van der Waals surface area contributed by atoms with Gasteiger partial charge in [-0.25, -0.2) is 0 Å². The molecule has 1 aliphatic carbocycles. The van der Waals surface area contributed by atoms with Gasteiger partial charge >= 0.3 is 6.18 Å². The Bertz CT molecular complexity index is 339. The maximum Gasteiger partial charge on any atom is 0.391 e. The normalized spacial score (nSPS) is 25.6. The fourth-order valence-corrected chi connectivity index (χ4v) is 2.34. The Morgan fingerprint density at radius 2 is 1.53 bits per heavy atom. The molecule has 1 aliphatic rings. The van der Waals surface area contributed by atoms with E-state index in [9.17, 15) is 13.2 Å². The number of hydrogen-bond donors (Lipinski definition) is 1. The molecule has 0 amide bonds. The van der Waals surface area contributed by atoms with Crippen molar-refractivity contribution in [2.45, 2.75) is 37.9 Å². The monoisotopic (exact) mass is 243 g/mol. The summed E-state index contributed by atoms with van der Waals surface area (Å²) in [4.78, 5) is 0. The molecule has 17 heavy (non-hydrogen) atoms. The van der Waals surface area contributed by atoms with Crippen molar-refractivity contribution >= 4 is 5.69 Å². The number of anilines is 1. The Labute approximate surface area is 99.0 Å². The number of benzene rings is 1. The molecule has 1 aromatic rings. The van der Waals surface area contributed by atoms with Crippen LogP contribution in [0.15, 0.2) is 30.3 Å². The minimum Gasteiger partial charge on any atom is -0.382 e. The van der Waals surface area contributed by atoms with E-state index in [2.05, 4.69) is 5.32 Å². The summed E-state index contributed by atoms with van der Waals surface area (Å²) in [6.45, 7) is 0. The molecule has 0 atom stereocenters. The van der Waals surface area contributed by atoms with Crippen molar-refractivity contribution < 1.29 is 13.2 Å². The lowest BCUT2D eigenvalue weighted by atomic mass is 9.85. The van der Waals surface area contributed by atoms with Gasteiger partial charge in [-0.3, -0.25) is 0 Å². The largest absolute Gasteiger partial charge is 0.391 e. The summed E-state index contributed by atoms with van der Waals surface area (Å²) in [5, 5.41) is 3.29. The van der Waals surface area contributed by atoms with Gasteiger partial charge in [0.25, 0.3) is 0 Å². The Balaban J connectivity index is 1.84. The van der Waals surface area contributed by atoms with Crippen molar-refractivity contribution in [2.24, 2.45) is 5.92 Å². The van der Waals surface area contributed by atoms with E-state index in [0.717, 1.165) is 5.69 Å². The average Bonchev–Trinajstić information content (AvgIpc) is 2.30. The van der Waals surface area contributed by atoms with E-state index in [0.29, 0.717) is 12.8 Å². The molecule has 1 aromatic carbocycles. The molecule has 0 aliphatic heterocycles. The zero-order chi connectivity index (χ0) is 12.3. The average molecular weight is 243 g/mol. The lowest BCUT2D eigenvalue weighted by molar-refractivity contribution is -0.182. The number of para-hydroxylation sites is 1. The summed E-state index contributed by atoms with van der Waals surface area (Å²) in [5.74, 6) is -1.10. The van der Waals surface area contributed by atoms with Crippen LogP contribution in [0.4, 0.5) is 18.9 Å². The lowest BCUT2D eigenvalue weighted by Gasteiger charge is -2.30. The summed E-state index contributed by atoms with van der Waals surface area (Å²) in [6.07, 6.45) is -2.34. The van der Waals surface area contributed by atoms with Gasteiger partial charge in [0.1, 0.15) is 0 Å². The van der Waals surface area contributed by atoms with Crippen LogP contribution in [0.5, 0.6) is 0 Å². The van der Waals surface area contributed by atoms with E-state index in [1.54, 1.807) is 0 Å². The topological polar surface area (TPSA) is 12.0 Å². The number of rotatable bonds is 2. The van der Waals surface area contributed by atoms with Gasteiger partial charge in [-0.1, -0.05) is 18.2 Å². The molecule has 2 rings (SSSR count). The quantitative estimate of drug-likeness (QED) is 0.820. The predicted molar refractivity (Wildman–Crippen MR) is 61.9 cm³/mol. The third-order valence-electron chi connectivity index (χ3n) is 3.33. The van der Waals surface area contributed by atoms with Crippen LogP contribution in [0, 0.1) is 5.92 Å². The first-order chi connectivity index (χ1) is 8.05. The van der Waals surface area contributed by atoms with Crippen LogP contribution >= 0.6 is 0 Å². The second-order valence-electron chi connectivity index (χ2n) is 4.60. The van der Waals surface area contributed by atoms with Crippen molar-refractivity contribution in [1.82, 2.24) is 0 Å². The van der Waals surface area contributed by atoms with Gasteiger partial charge < -0.3 is 5.32 Å². The van der Waals surface area contributed by atoms with Gasteiger partial charge in [0.2, 0.25) is 0 Å². The van der Waals surface area contributed by atoms with E-state index in [1.165, 1.54) is 0 Å². The molecular formula is C13H16F3N. The summed E-state index contributed by atoms with van der Waals surface area (Å²) >= 11 is 0. The highest BCUT2D eigenvalue weighted by Gasteiger charge is 2.41. The molecule has 0 radical (unpaired) electrons. The van der Waals surface area contributed by atoms with Crippen molar-refractivity contribution in [3.05, 3.63) is 30.3 Å². The third-order valence-corrected chi connectivity index (χ3v) is 3.33. The van der Waals surface area contributed by atoms with E-state index in [4.69, 9.17) is 0 Å². The predicted octanol–water partition coefficient (Wildman–Crippen LogP) is 4.22. The summed E-state index contributed by atoms with van der Waals surface area (Å²) in [5.41, 5.74) is 0.989. The molecule has 1 saturated carbocycles. The van der Waals surface area contributed by atoms with Crippen LogP contribution in [-0.2, 0) is 0 Å². The molecule has 1 nitrogen and oxygen atoms in total. The maximum absolute atomic E-state index is 12.5. The maximum atomic E-state index is 12.5. The van der Waals surface area contributed by atoms with Crippen LogP contribution in [0.2, 0.25) is 0 Å². The first-order valence-electron chi connectivity index (χ1n) is 5.94. The molecule has 0 spiro atoms. The molecule has 1 N–H and O–H groups in total. The first-order valence-corrected chi connectivity index (χ1v) is 5.94. The Morgan fingerprint density at radius 1 is 0.941 bits per heavy atom. The van der Waals surface area contributed by atoms with Crippen LogP contribution in [0.25, 0.3) is 0 Å². The highest BCUT2D eigenvalue weighted by molar-refractivity contribution is 5.43. The fourth-order valence-electron chi connectivity index (χ4n) is 2.34. The van der Waals surface area contributed by atoms with Crippen molar-refractivity contribution in [3.63, 3.8) is 0 Å². The van der Waals surface area contributed by atoms with Gasteiger partial charge in [0.05, 0.1) is 5.92 Å². The van der Waals surface area contributed by atoms with E-state index in [-0.39, 0.29) is 18.9 Å². The zero-order valence-electron chi connectivity index (χ0n) is 9.50. The van der Waals surface area contributed by atoms with Crippen molar-refractivity contribution in [3.8, 4) is 0 Å². The van der Waals surface area contributed by atoms with Crippen LogP contribution < -0.4 is 5.32 Å². The van der Waals surface area contributed by atoms with Crippen molar-refractivity contribution in [2.75, 3.05) is 5.32 Å². The van der Waals surface area contributed by atoms with Gasteiger partial charge in [-0.15, -0.1) is 0 Å². The van der Waals surface area contributed by atoms with Gasteiger partial charge in [-0.2, -0.15) is 13.2 Å². The molecule has 4 heteroatoms. The van der Waals surface area contributed by atoms with Crippen LogP contribution in [0.1, 0.15) is 25.7 Å². The molecule has 94 valence electrons. The van der Waals surface area contributed by atoms with E-state index >= 15 is 0 Å². The molecule has 1 fully saturated rings. The van der Waals surface area contributed by atoms with E-state index < -0.39 is 12.1 Å². The van der Waals surface area contributed by atoms with Gasteiger partial charge in [0, 0.05) is 11.7 Å². The zero-order valence-corrected chi connectivity index (χ0v) is 9.50. The van der Waals surface area contributed by atoms with Crippen molar-refractivity contribution in [1.29, 1.82) is 0 Å². The molecule has 0 heterocycles. The number of alkyl halides is 3. The number of hydrogen-bond acceptors (Lipinski definition) is 1. The SMILES string of the molecule is FC(F)(F)C1CCC(Nc2ccccc2)CC1. The molecule has 0 bridgehead atoms. The second-order valence-corrected chi connectivity index (χ2v) is 4.60. The minimum atomic E-state index is -4.02. The number of nitrogens with one attached hydrogen (secondary N) is 1. The molecule has 0 saturated heterocycles. The Morgan fingerprint density at radius 3 is 2.06 bits per heavy atom.